The number of pyridine rings is 1. The minimum absolute atomic E-state index is 0.425. The predicted octanol–water partition coefficient (Wildman–Crippen LogP) is 2.85. The van der Waals surface area contributed by atoms with Gasteiger partial charge < -0.3 is 30.8 Å². The predicted molar refractivity (Wildman–Crippen MR) is 136 cm³/mol. The number of benzene rings is 1. The van der Waals surface area contributed by atoms with E-state index in [1.807, 2.05) is 18.3 Å². The molecular weight excluding hydrogens is 428 g/mol. The van der Waals surface area contributed by atoms with Crippen LogP contribution in [0.4, 0.5) is 17.3 Å². The van der Waals surface area contributed by atoms with Gasteiger partial charge in [0.1, 0.15) is 24.0 Å². The molecule has 3 aliphatic heterocycles. The average Bonchev–Trinajstić information content (AvgIpc) is 2.90. The smallest absolute Gasteiger partial charge is 0.146 e. The highest BCUT2D eigenvalue weighted by Gasteiger charge is 2.23. The summed E-state index contributed by atoms with van der Waals surface area (Å²) in [5.41, 5.74) is 4.22. The number of aromatic nitrogens is 1. The van der Waals surface area contributed by atoms with Gasteiger partial charge in [-0.05, 0) is 73.5 Å². The van der Waals surface area contributed by atoms with Gasteiger partial charge in [0.25, 0.3) is 0 Å². The van der Waals surface area contributed by atoms with Gasteiger partial charge in [0, 0.05) is 37.4 Å². The van der Waals surface area contributed by atoms with Gasteiger partial charge >= 0.3 is 0 Å². The van der Waals surface area contributed by atoms with Crippen molar-refractivity contribution in [2.75, 3.05) is 63.1 Å². The van der Waals surface area contributed by atoms with Crippen LogP contribution in [-0.2, 0) is 9.53 Å². The molecule has 4 N–H and O–H groups in total. The molecule has 5 rings (SSSR count). The van der Waals surface area contributed by atoms with Crippen molar-refractivity contribution in [3.05, 3.63) is 53.2 Å². The molecular formula is C26H34N6O2. The zero-order valence-electron chi connectivity index (χ0n) is 19.6. The van der Waals surface area contributed by atoms with E-state index in [9.17, 15) is 4.79 Å². The van der Waals surface area contributed by atoms with Crippen molar-refractivity contribution in [2.24, 2.45) is 0 Å². The molecule has 0 spiro atoms. The number of nitrogens with zero attached hydrogens (tertiary/aromatic N) is 2. The van der Waals surface area contributed by atoms with Crippen LogP contribution in [0.15, 0.2) is 36.5 Å². The quantitative estimate of drug-likeness (QED) is 0.446. The van der Waals surface area contributed by atoms with Crippen molar-refractivity contribution in [2.45, 2.75) is 24.8 Å². The van der Waals surface area contributed by atoms with Crippen LogP contribution in [0.3, 0.4) is 0 Å². The number of hydrogen-bond acceptors (Lipinski definition) is 8. The topological polar surface area (TPSA) is 90.6 Å². The molecule has 0 aliphatic carbocycles. The van der Waals surface area contributed by atoms with Crippen molar-refractivity contribution in [1.82, 2.24) is 20.5 Å². The lowest BCUT2D eigenvalue weighted by Crippen LogP contribution is -2.39. The van der Waals surface area contributed by atoms with Gasteiger partial charge in [-0.3, -0.25) is 4.90 Å². The number of piperidine rings is 1. The molecule has 180 valence electrons. The third-order valence-electron chi connectivity index (χ3n) is 6.90. The highest BCUT2D eigenvalue weighted by atomic mass is 16.5. The first-order valence-corrected chi connectivity index (χ1v) is 12.3. The monoisotopic (exact) mass is 462 g/mol. The Labute approximate surface area is 201 Å². The van der Waals surface area contributed by atoms with Crippen molar-refractivity contribution in [3.8, 4) is 0 Å². The third-order valence-corrected chi connectivity index (χ3v) is 6.90. The molecule has 2 saturated heterocycles. The zero-order valence-corrected chi connectivity index (χ0v) is 19.6. The van der Waals surface area contributed by atoms with Gasteiger partial charge in [0.05, 0.1) is 13.2 Å². The Morgan fingerprint density at radius 1 is 1.15 bits per heavy atom. The van der Waals surface area contributed by atoms with E-state index in [4.69, 9.17) is 9.72 Å². The molecule has 0 saturated carbocycles. The molecule has 1 aromatic carbocycles. The molecule has 3 aliphatic rings. The highest BCUT2D eigenvalue weighted by molar-refractivity contribution is 5.78. The fraction of sp³-hybridized carbons (Fsp3) is 0.462. The van der Waals surface area contributed by atoms with Crippen LogP contribution >= 0.6 is 0 Å². The van der Waals surface area contributed by atoms with Crippen LogP contribution in [0.2, 0.25) is 0 Å². The van der Waals surface area contributed by atoms with Crippen molar-refractivity contribution in [1.29, 1.82) is 0 Å². The van der Waals surface area contributed by atoms with Gasteiger partial charge in [-0.15, -0.1) is 0 Å². The molecule has 34 heavy (non-hydrogen) atoms. The zero-order chi connectivity index (χ0) is 23.2. The molecule has 1 aromatic heterocycles. The second kappa shape index (κ2) is 11.0. The lowest BCUT2D eigenvalue weighted by Gasteiger charge is -2.27. The Bertz CT molecular complexity index is 997. The van der Waals surface area contributed by atoms with E-state index in [1.165, 1.54) is 18.4 Å². The molecule has 2 fully saturated rings. The summed E-state index contributed by atoms with van der Waals surface area (Å²) in [6.45, 7) is 7.44. The molecule has 8 heteroatoms. The summed E-state index contributed by atoms with van der Waals surface area (Å²) in [7, 11) is 0. The van der Waals surface area contributed by atoms with Crippen LogP contribution in [0.5, 0.6) is 0 Å². The normalized spacial score (nSPS) is 20.9. The van der Waals surface area contributed by atoms with Crippen LogP contribution in [0, 0.1) is 0 Å². The number of nitrogens with one attached hydrogen (secondary N) is 4. The maximum atomic E-state index is 11.8. The Morgan fingerprint density at radius 3 is 2.71 bits per heavy atom. The first-order chi connectivity index (χ1) is 16.8. The lowest BCUT2D eigenvalue weighted by molar-refractivity contribution is -0.109. The summed E-state index contributed by atoms with van der Waals surface area (Å²) >= 11 is 0. The molecule has 8 nitrogen and oxygen atoms in total. The fourth-order valence-electron chi connectivity index (χ4n) is 4.95. The van der Waals surface area contributed by atoms with E-state index >= 15 is 0 Å². The SMILES string of the molecule is O=CC1NC=Cc2cc(NCCN3CCOCC3)nc(Nc3ccc(C4CCNCC4)cc3)c21. The van der Waals surface area contributed by atoms with Crippen molar-refractivity contribution >= 4 is 29.7 Å². The number of ether oxygens (including phenoxy) is 1. The van der Waals surface area contributed by atoms with E-state index in [0.29, 0.717) is 11.7 Å². The number of anilines is 3. The van der Waals surface area contributed by atoms with E-state index < -0.39 is 6.04 Å². The van der Waals surface area contributed by atoms with Crippen molar-refractivity contribution in [3.63, 3.8) is 0 Å². The van der Waals surface area contributed by atoms with Gasteiger partial charge in [-0.25, -0.2) is 4.98 Å². The minimum Gasteiger partial charge on any atom is -0.379 e. The first kappa shape index (κ1) is 22.8. The van der Waals surface area contributed by atoms with E-state index in [-0.39, 0.29) is 0 Å². The molecule has 0 amide bonds. The average molecular weight is 463 g/mol. The number of hydrogen-bond donors (Lipinski definition) is 4. The summed E-state index contributed by atoms with van der Waals surface area (Å²) in [5, 5.41) is 13.5. The standard InChI is InChI=1S/C26H34N6O2/c33-18-23-25-21(7-10-28-23)17-24(29-11-12-32-13-15-34-16-14-32)31-26(25)30-22-3-1-19(2-4-22)20-5-8-27-9-6-20/h1-4,7,10,17-18,20,23,27-28H,5-6,8-9,11-16H2,(H2,29,30,31). The largest absolute Gasteiger partial charge is 0.379 e. The summed E-state index contributed by atoms with van der Waals surface area (Å²) in [6, 6.07) is 10.3. The molecule has 0 radical (unpaired) electrons. The number of carbonyl (C=O) groups excluding carboxylic acids is 1. The minimum atomic E-state index is -0.425. The van der Waals surface area contributed by atoms with Crippen LogP contribution in [0.1, 0.15) is 41.5 Å². The van der Waals surface area contributed by atoms with E-state index in [0.717, 1.165) is 81.4 Å². The van der Waals surface area contributed by atoms with E-state index in [1.54, 1.807) is 0 Å². The molecule has 2 aromatic rings. The lowest BCUT2D eigenvalue weighted by atomic mass is 9.90. The molecule has 1 unspecified atom stereocenters. The highest BCUT2D eigenvalue weighted by Crippen LogP contribution is 2.33. The summed E-state index contributed by atoms with van der Waals surface area (Å²) < 4.78 is 5.43. The number of aldehydes is 1. The Hall–Kier alpha value is -2.94. The van der Waals surface area contributed by atoms with Crippen LogP contribution < -0.4 is 21.3 Å². The summed E-state index contributed by atoms with van der Waals surface area (Å²) in [4.78, 5) is 19.1. The second-order valence-electron chi connectivity index (χ2n) is 9.12. The number of rotatable bonds is 8. The second-order valence-corrected chi connectivity index (χ2v) is 9.12. The van der Waals surface area contributed by atoms with E-state index in [2.05, 4.69) is 50.4 Å². The van der Waals surface area contributed by atoms with Gasteiger partial charge in [0.15, 0.2) is 0 Å². The first-order valence-electron chi connectivity index (χ1n) is 12.3. The number of morpholine rings is 1. The van der Waals surface area contributed by atoms with Crippen molar-refractivity contribution < 1.29 is 9.53 Å². The molecule has 1 atom stereocenters. The van der Waals surface area contributed by atoms with Crippen LogP contribution in [0.25, 0.3) is 6.08 Å². The van der Waals surface area contributed by atoms with Gasteiger partial charge in [0.2, 0.25) is 0 Å². The van der Waals surface area contributed by atoms with Gasteiger partial charge in [-0.2, -0.15) is 0 Å². The third kappa shape index (κ3) is 5.41. The maximum absolute atomic E-state index is 11.8. The molecule has 0 bridgehead atoms. The molecule has 4 heterocycles. The summed E-state index contributed by atoms with van der Waals surface area (Å²) in [5.74, 6) is 2.13. The number of fused-ring (bicyclic) bond motifs is 1. The Kier molecular flexibility index (Phi) is 7.38. The summed E-state index contributed by atoms with van der Waals surface area (Å²) in [6.07, 6.45) is 7.12. The Balaban J connectivity index is 1.33. The fourth-order valence-corrected chi connectivity index (χ4v) is 4.95. The number of carbonyl (C=O) groups is 1. The maximum Gasteiger partial charge on any atom is 0.146 e. The van der Waals surface area contributed by atoms with Crippen LogP contribution in [-0.4, -0.2) is 68.7 Å². The van der Waals surface area contributed by atoms with Gasteiger partial charge in [-0.1, -0.05) is 12.1 Å². The Morgan fingerprint density at radius 2 is 1.94 bits per heavy atom.